The molecule has 0 fully saturated rings. The van der Waals surface area contributed by atoms with Crippen LogP contribution in [0.25, 0.3) is 0 Å². The Kier molecular flexibility index (Phi) is 3.58. The fourth-order valence-corrected chi connectivity index (χ4v) is 1.58. The molecule has 1 aromatic carbocycles. The number of ketones is 2. The lowest BCUT2D eigenvalue weighted by Crippen LogP contribution is -2.06. The molecule has 14 heavy (non-hydrogen) atoms. The molecule has 0 heterocycles. The number of halogens is 1. The predicted octanol–water partition coefficient (Wildman–Crippen LogP) is 2.92. The minimum atomic E-state index is -0.115. The molecule has 0 aromatic heterocycles. The van der Waals surface area contributed by atoms with E-state index in [0.29, 0.717) is 5.56 Å². The molecule has 1 aromatic rings. The molecule has 0 unspecified atom stereocenters. The van der Waals surface area contributed by atoms with Gasteiger partial charge in [0, 0.05) is 10.0 Å². The first-order valence-corrected chi connectivity index (χ1v) is 5.09. The summed E-state index contributed by atoms with van der Waals surface area (Å²) in [5, 5.41) is 0. The van der Waals surface area contributed by atoms with Gasteiger partial charge in [0.1, 0.15) is 5.78 Å². The van der Waals surface area contributed by atoms with Crippen molar-refractivity contribution in [3.63, 3.8) is 0 Å². The fourth-order valence-electron chi connectivity index (χ4n) is 1.22. The van der Waals surface area contributed by atoms with Crippen molar-refractivity contribution in [2.24, 2.45) is 0 Å². The minimum absolute atomic E-state index is 0.0166. The highest BCUT2D eigenvalue weighted by molar-refractivity contribution is 9.10. The molecule has 2 nitrogen and oxygen atoms in total. The first kappa shape index (κ1) is 11.1. The van der Waals surface area contributed by atoms with Crippen molar-refractivity contribution in [1.82, 2.24) is 0 Å². The maximum absolute atomic E-state index is 11.6. The van der Waals surface area contributed by atoms with Gasteiger partial charge in [0.25, 0.3) is 0 Å². The van der Waals surface area contributed by atoms with Gasteiger partial charge in [0.15, 0.2) is 5.78 Å². The number of Topliss-reactive ketones (excluding diaryl/α,β-unsaturated/α-hetero) is 2. The summed E-state index contributed by atoms with van der Waals surface area (Å²) >= 11 is 3.29. The first-order valence-electron chi connectivity index (χ1n) is 4.29. The van der Waals surface area contributed by atoms with Gasteiger partial charge in [0.2, 0.25) is 0 Å². The van der Waals surface area contributed by atoms with Crippen LogP contribution in [0.5, 0.6) is 0 Å². The Labute approximate surface area is 91.4 Å². The summed E-state index contributed by atoms with van der Waals surface area (Å²) < 4.78 is 0.856. The lowest BCUT2D eigenvalue weighted by molar-refractivity contribution is -0.116. The Morgan fingerprint density at radius 3 is 2.57 bits per heavy atom. The molecule has 0 amide bonds. The number of rotatable bonds is 3. The second kappa shape index (κ2) is 4.51. The maximum atomic E-state index is 11.6. The summed E-state index contributed by atoms with van der Waals surface area (Å²) in [7, 11) is 0. The van der Waals surface area contributed by atoms with Crippen LogP contribution < -0.4 is 0 Å². The second-order valence-corrected chi connectivity index (χ2v) is 4.18. The van der Waals surface area contributed by atoms with Crippen LogP contribution in [0.15, 0.2) is 22.7 Å². The van der Waals surface area contributed by atoms with Crippen LogP contribution in [0, 0.1) is 6.92 Å². The number of hydrogen-bond donors (Lipinski definition) is 0. The maximum Gasteiger partial charge on any atom is 0.170 e. The Morgan fingerprint density at radius 2 is 2.00 bits per heavy atom. The highest BCUT2D eigenvalue weighted by Crippen LogP contribution is 2.17. The number of carbonyl (C=O) groups is 2. The quantitative estimate of drug-likeness (QED) is 0.614. The Balaban J connectivity index is 3.00. The summed E-state index contributed by atoms with van der Waals surface area (Å²) in [6, 6.07) is 5.48. The van der Waals surface area contributed by atoms with E-state index in [1.807, 2.05) is 19.1 Å². The molecule has 1 rings (SSSR count). The van der Waals surface area contributed by atoms with E-state index in [-0.39, 0.29) is 18.0 Å². The van der Waals surface area contributed by atoms with E-state index in [0.717, 1.165) is 10.0 Å². The predicted molar refractivity (Wildman–Crippen MR) is 58.5 cm³/mol. The molecule has 3 heteroatoms. The first-order chi connectivity index (χ1) is 6.50. The number of hydrogen-bond acceptors (Lipinski definition) is 2. The van der Waals surface area contributed by atoms with E-state index in [1.165, 1.54) is 6.92 Å². The van der Waals surface area contributed by atoms with Gasteiger partial charge in [-0.3, -0.25) is 9.59 Å². The van der Waals surface area contributed by atoms with Gasteiger partial charge >= 0.3 is 0 Å². The topological polar surface area (TPSA) is 34.1 Å². The van der Waals surface area contributed by atoms with Gasteiger partial charge in [-0.25, -0.2) is 0 Å². The monoisotopic (exact) mass is 254 g/mol. The van der Waals surface area contributed by atoms with Crippen LogP contribution in [0.2, 0.25) is 0 Å². The SMILES string of the molecule is CC(=O)CC(=O)c1cc(Br)ccc1C. The number of carbonyl (C=O) groups excluding carboxylic acids is 2. The van der Waals surface area contributed by atoms with Crippen molar-refractivity contribution in [2.45, 2.75) is 20.3 Å². The van der Waals surface area contributed by atoms with Crippen LogP contribution in [-0.2, 0) is 4.79 Å². The normalized spacial score (nSPS) is 9.93. The van der Waals surface area contributed by atoms with Gasteiger partial charge in [-0.1, -0.05) is 22.0 Å². The van der Waals surface area contributed by atoms with Crippen LogP contribution in [0.1, 0.15) is 29.3 Å². The second-order valence-electron chi connectivity index (χ2n) is 3.26. The Hall–Kier alpha value is -0.960. The van der Waals surface area contributed by atoms with Gasteiger partial charge in [0.05, 0.1) is 6.42 Å². The zero-order valence-electron chi connectivity index (χ0n) is 8.13. The highest BCUT2D eigenvalue weighted by atomic mass is 79.9. The van der Waals surface area contributed by atoms with Crippen molar-refractivity contribution in [3.05, 3.63) is 33.8 Å². The average molecular weight is 255 g/mol. The van der Waals surface area contributed by atoms with Crippen molar-refractivity contribution in [3.8, 4) is 0 Å². The molecule has 0 aliphatic carbocycles. The summed E-state index contributed by atoms with van der Waals surface area (Å²) in [5.74, 6) is -0.217. The number of benzene rings is 1. The zero-order chi connectivity index (χ0) is 10.7. The highest BCUT2D eigenvalue weighted by Gasteiger charge is 2.11. The van der Waals surface area contributed by atoms with E-state index < -0.39 is 0 Å². The van der Waals surface area contributed by atoms with E-state index >= 15 is 0 Å². The standard InChI is InChI=1S/C11H11BrO2/c1-7-3-4-9(12)6-10(7)11(14)5-8(2)13/h3-4,6H,5H2,1-2H3. The smallest absolute Gasteiger partial charge is 0.170 e. The molecular weight excluding hydrogens is 244 g/mol. The molecule has 0 saturated carbocycles. The van der Waals surface area contributed by atoms with Crippen LogP contribution in [-0.4, -0.2) is 11.6 Å². The summed E-state index contributed by atoms with van der Waals surface area (Å²) in [6.07, 6.45) is -0.0166. The van der Waals surface area contributed by atoms with E-state index in [1.54, 1.807) is 6.07 Å². The van der Waals surface area contributed by atoms with E-state index in [9.17, 15) is 9.59 Å². The van der Waals surface area contributed by atoms with Gasteiger partial charge in [-0.15, -0.1) is 0 Å². The minimum Gasteiger partial charge on any atom is -0.300 e. The molecule has 0 atom stereocenters. The third kappa shape index (κ3) is 2.77. The third-order valence-corrected chi connectivity index (χ3v) is 2.40. The lowest BCUT2D eigenvalue weighted by atomic mass is 10.0. The summed E-state index contributed by atoms with van der Waals surface area (Å²) in [4.78, 5) is 22.4. The third-order valence-electron chi connectivity index (χ3n) is 1.91. The largest absolute Gasteiger partial charge is 0.300 e. The molecule has 0 bridgehead atoms. The zero-order valence-corrected chi connectivity index (χ0v) is 9.72. The molecule has 74 valence electrons. The van der Waals surface area contributed by atoms with Crippen molar-refractivity contribution >= 4 is 27.5 Å². The molecule has 0 radical (unpaired) electrons. The van der Waals surface area contributed by atoms with Crippen LogP contribution in [0.4, 0.5) is 0 Å². The Bertz CT molecular complexity index is 383. The van der Waals surface area contributed by atoms with Crippen LogP contribution >= 0.6 is 15.9 Å². The van der Waals surface area contributed by atoms with E-state index in [4.69, 9.17) is 0 Å². The van der Waals surface area contributed by atoms with E-state index in [2.05, 4.69) is 15.9 Å². The molecular formula is C11H11BrO2. The average Bonchev–Trinajstić information content (AvgIpc) is 2.08. The summed E-state index contributed by atoms with van der Waals surface area (Å²) in [6.45, 7) is 3.28. The molecule has 0 spiro atoms. The molecule has 0 aliphatic heterocycles. The number of aryl methyl sites for hydroxylation is 1. The Morgan fingerprint density at radius 1 is 1.36 bits per heavy atom. The van der Waals surface area contributed by atoms with Crippen molar-refractivity contribution < 1.29 is 9.59 Å². The van der Waals surface area contributed by atoms with Crippen molar-refractivity contribution in [2.75, 3.05) is 0 Å². The van der Waals surface area contributed by atoms with Gasteiger partial charge < -0.3 is 0 Å². The summed E-state index contributed by atoms with van der Waals surface area (Å²) in [5.41, 5.74) is 1.52. The lowest BCUT2D eigenvalue weighted by Gasteiger charge is -2.03. The van der Waals surface area contributed by atoms with Crippen molar-refractivity contribution in [1.29, 1.82) is 0 Å². The van der Waals surface area contributed by atoms with Crippen LogP contribution in [0.3, 0.4) is 0 Å². The molecule has 0 saturated heterocycles. The molecule has 0 N–H and O–H groups in total. The van der Waals surface area contributed by atoms with Gasteiger partial charge in [-0.05, 0) is 31.5 Å². The molecule has 0 aliphatic rings. The fraction of sp³-hybridized carbons (Fsp3) is 0.273. The van der Waals surface area contributed by atoms with Gasteiger partial charge in [-0.2, -0.15) is 0 Å².